The molecule has 1 rings (SSSR count). The number of nitrogens with one attached hydrogen (secondary N) is 1. The van der Waals surface area contributed by atoms with Crippen LogP contribution in [-0.2, 0) is 0 Å². The Kier molecular flexibility index (Phi) is 5.28. The van der Waals surface area contributed by atoms with Gasteiger partial charge >= 0.3 is 0 Å². The molecule has 0 aliphatic carbocycles. The summed E-state index contributed by atoms with van der Waals surface area (Å²) in [5.41, 5.74) is 0.535. The number of halogens is 1. The van der Waals surface area contributed by atoms with E-state index < -0.39 is 0 Å². The van der Waals surface area contributed by atoms with Crippen molar-refractivity contribution in [3.63, 3.8) is 0 Å². The lowest BCUT2D eigenvalue weighted by Gasteiger charge is -2.25. The molecule has 1 aromatic heterocycles. The number of nitrogens with zero attached hydrogens (tertiary/aromatic N) is 1. The molecule has 1 heterocycles. The molecule has 1 unspecified atom stereocenters. The first-order valence-corrected chi connectivity index (χ1v) is 6.63. The van der Waals surface area contributed by atoms with Crippen LogP contribution in [0.5, 0.6) is 0 Å². The van der Waals surface area contributed by atoms with Gasteiger partial charge in [-0.25, -0.2) is 0 Å². The van der Waals surface area contributed by atoms with Crippen molar-refractivity contribution < 1.29 is 9.90 Å². The van der Waals surface area contributed by atoms with E-state index in [2.05, 4.69) is 47.0 Å². The maximum atomic E-state index is 12.0. The first-order valence-electron chi connectivity index (χ1n) is 5.84. The minimum absolute atomic E-state index is 0.0518. The smallest absolute Gasteiger partial charge is 0.253 e. The average molecular weight is 315 g/mol. The molecule has 5 heteroatoms. The topological polar surface area (TPSA) is 62.2 Å². The number of aliphatic hydroxyl groups is 1. The van der Waals surface area contributed by atoms with E-state index in [0.717, 1.165) is 10.9 Å². The maximum Gasteiger partial charge on any atom is 0.253 e. The van der Waals surface area contributed by atoms with Crippen LogP contribution < -0.4 is 5.32 Å². The van der Waals surface area contributed by atoms with Gasteiger partial charge in [0.05, 0.1) is 18.2 Å². The minimum atomic E-state index is -0.239. The lowest BCUT2D eigenvalue weighted by atomic mass is 9.88. The van der Waals surface area contributed by atoms with Gasteiger partial charge in [0.15, 0.2) is 0 Å². The van der Waals surface area contributed by atoms with Gasteiger partial charge in [-0.15, -0.1) is 0 Å². The fourth-order valence-electron chi connectivity index (χ4n) is 1.71. The van der Waals surface area contributed by atoms with Crippen molar-refractivity contribution in [1.82, 2.24) is 10.3 Å². The third-order valence-corrected chi connectivity index (χ3v) is 2.82. The molecular formula is C13H19BrN2O2. The van der Waals surface area contributed by atoms with E-state index in [-0.39, 0.29) is 24.0 Å². The monoisotopic (exact) mass is 314 g/mol. The molecule has 0 saturated carbocycles. The molecule has 0 aliphatic heterocycles. The molecule has 100 valence electrons. The number of aliphatic hydroxyl groups excluding tert-OH is 1. The summed E-state index contributed by atoms with van der Waals surface area (Å²) in [5.74, 6) is -0.216. The van der Waals surface area contributed by atoms with Crippen LogP contribution in [0.1, 0.15) is 37.6 Å². The largest absolute Gasteiger partial charge is 0.394 e. The van der Waals surface area contributed by atoms with Crippen LogP contribution >= 0.6 is 15.9 Å². The average Bonchev–Trinajstić information content (AvgIpc) is 2.26. The van der Waals surface area contributed by atoms with Crippen molar-refractivity contribution in [1.29, 1.82) is 0 Å². The van der Waals surface area contributed by atoms with Crippen LogP contribution in [0.3, 0.4) is 0 Å². The Morgan fingerprint density at radius 3 is 2.67 bits per heavy atom. The molecule has 0 radical (unpaired) electrons. The Morgan fingerprint density at radius 2 is 2.17 bits per heavy atom. The van der Waals surface area contributed by atoms with E-state index in [4.69, 9.17) is 0 Å². The Balaban J connectivity index is 2.68. The first-order chi connectivity index (χ1) is 8.31. The summed E-state index contributed by atoms with van der Waals surface area (Å²) >= 11 is 3.27. The molecule has 1 atom stereocenters. The number of carbonyl (C=O) groups excluding carboxylic acids is 1. The van der Waals surface area contributed by atoms with E-state index in [1.54, 1.807) is 12.3 Å². The number of carbonyl (C=O) groups is 1. The van der Waals surface area contributed by atoms with Crippen molar-refractivity contribution in [3.8, 4) is 0 Å². The molecule has 0 aliphatic rings. The summed E-state index contributed by atoms with van der Waals surface area (Å²) in [6.07, 6.45) is 3.84. The highest BCUT2D eigenvalue weighted by Gasteiger charge is 2.20. The SMILES string of the molecule is CC(C)(C)CC(CO)NC(=O)c1cncc(Br)c1. The zero-order valence-corrected chi connectivity index (χ0v) is 12.5. The van der Waals surface area contributed by atoms with Crippen molar-refractivity contribution >= 4 is 21.8 Å². The highest BCUT2D eigenvalue weighted by Crippen LogP contribution is 2.20. The van der Waals surface area contributed by atoms with Gasteiger partial charge in [0, 0.05) is 16.9 Å². The number of rotatable bonds is 4. The summed E-state index contributed by atoms with van der Waals surface area (Å²) in [4.78, 5) is 15.9. The van der Waals surface area contributed by atoms with Gasteiger partial charge < -0.3 is 10.4 Å². The summed E-state index contributed by atoms with van der Waals surface area (Å²) in [7, 11) is 0. The van der Waals surface area contributed by atoms with Crippen molar-refractivity contribution in [2.75, 3.05) is 6.61 Å². The maximum absolute atomic E-state index is 12.0. The second-order valence-corrected chi connectivity index (χ2v) is 6.43. The van der Waals surface area contributed by atoms with Crippen LogP contribution in [0.25, 0.3) is 0 Å². The van der Waals surface area contributed by atoms with Gasteiger partial charge in [-0.1, -0.05) is 20.8 Å². The molecule has 0 bridgehead atoms. The highest BCUT2D eigenvalue weighted by atomic mass is 79.9. The molecular weight excluding hydrogens is 296 g/mol. The van der Waals surface area contributed by atoms with Gasteiger partial charge in [0.2, 0.25) is 0 Å². The fourth-order valence-corrected chi connectivity index (χ4v) is 2.07. The minimum Gasteiger partial charge on any atom is -0.394 e. The highest BCUT2D eigenvalue weighted by molar-refractivity contribution is 9.10. The normalized spacial score (nSPS) is 13.2. The Hall–Kier alpha value is -0.940. The van der Waals surface area contributed by atoms with Crippen LogP contribution in [0, 0.1) is 5.41 Å². The second-order valence-electron chi connectivity index (χ2n) is 5.51. The van der Waals surface area contributed by atoms with E-state index in [1.807, 2.05) is 0 Å². The van der Waals surface area contributed by atoms with Crippen LogP contribution in [0.15, 0.2) is 22.9 Å². The van der Waals surface area contributed by atoms with Gasteiger partial charge in [0.1, 0.15) is 0 Å². The Labute approximate surface area is 116 Å². The molecule has 0 fully saturated rings. The molecule has 4 nitrogen and oxygen atoms in total. The van der Waals surface area contributed by atoms with Gasteiger partial charge in [0.25, 0.3) is 5.91 Å². The number of hydrogen-bond donors (Lipinski definition) is 2. The number of aromatic nitrogens is 1. The standard InChI is InChI=1S/C13H19BrN2O2/c1-13(2,3)5-11(8-17)16-12(18)9-4-10(14)7-15-6-9/h4,6-7,11,17H,5,8H2,1-3H3,(H,16,18). The Bertz CT molecular complexity index is 416. The van der Waals surface area contributed by atoms with E-state index >= 15 is 0 Å². The lowest BCUT2D eigenvalue weighted by molar-refractivity contribution is 0.0897. The molecule has 1 aromatic rings. The van der Waals surface area contributed by atoms with Gasteiger partial charge in [-0.3, -0.25) is 9.78 Å². The van der Waals surface area contributed by atoms with Gasteiger partial charge in [-0.05, 0) is 33.8 Å². The number of hydrogen-bond acceptors (Lipinski definition) is 3. The summed E-state index contributed by atoms with van der Waals surface area (Å²) in [6, 6.07) is 1.46. The van der Waals surface area contributed by atoms with Crippen molar-refractivity contribution in [3.05, 3.63) is 28.5 Å². The fraction of sp³-hybridized carbons (Fsp3) is 0.538. The second kappa shape index (κ2) is 6.29. The summed E-state index contributed by atoms with van der Waals surface area (Å²) < 4.78 is 0.756. The predicted octanol–water partition coefficient (Wildman–Crippen LogP) is 2.37. The van der Waals surface area contributed by atoms with E-state index in [9.17, 15) is 9.90 Å². The van der Waals surface area contributed by atoms with Crippen molar-refractivity contribution in [2.24, 2.45) is 5.41 Å². The summed E-state index contributed by atoms with van der Waals surface area (Å²) in [5, 5.41) is 12.1. The zero-order chi connectivity index (χ0) is 13.8. The third-order valence-electron chi connectivity index (χ3n) is 2.38. The Morgan fingerprint density at radius 1 is 1.50 bits per heavy atom. The molecule has 18 heavy (non-hydrogen) atoms. The van der Waals surface area contributed by atoms with Gasteiger partial charge in [-0.2, -0.15) is 0 Å². The molecule has 0 aromatic carbocycles. The van der Waals surface area contributed by atoms with Crippen LogP contribution in [0.2, 0.25) is 0 Å². The summed E-state index contributed by atoms with van der Waals surface area (Å²) in [6.45, 7) is 6.15. The third kappa shape index (κ3) is 5.14. The number of pyridine rings is 1. The molecule has 0 spiro atoms. The first kappa shape index (κ1) is 15.1. The molecule has 0 saturated heterocycles. The predicted molar refractivity (Wildman–Crippen MR) is 74.3 cm³/mol. The molecule has 2 N–H and O–H groups in total. The van der Waals surface area contributed by atoms with Crippen molar-refractivity contribution in [2.45, 2.75) is 33.2 Å². The zero-order valence-electron chi connectivity index (χ0n) is 10.9. The lowest BCUT2D eigenvalue weighted by Crippen LogP contribution is -2.40. The van der Waals surface area contributed by atoms with E-state index in [0.29, 0.717) is 5.56 Å². The number of amides is 1. The van der Waals surface area contributed by atoms with Crippen LogP contribution in [0.4, 0.5) is 0 Å². The molecule has 1 amide bonds. The quantitative estimate of drug-likeness (QED) is 0.897. The van der Waals surface area contributed by atoms with Crippen LogP contribution in [-0.4, -0.2) is 28.6 Å². The van der Waals surface area contributed by atoms with E-state index in [1.165, 1.54) is 6.20 Å².